The normalized spacial score (nSPS) is 16.1. The largest absolute Gasteiger partial charge is 0.384 e. The van der Waals surface area contributed by atoms with Crippen molar-refractivity contribution in [3.63, 3.8) is 0 Å². The molecule has 0 atom stereocenters. The summed E-state index contributed by atoms with van der Waals surface area (Å²) in [7, 11) is 0. The topological polar surface area (TPSA) is 67.6 Å². The Morgan fingerprint density at radius 2 is 2.27 bits per heavy atom. The van der Waals surface area contributed by atoms with E-state index in [0.29, 0.717) is 5.82 Å². The second-order valence-electron chi connectivity index (χ2n) is 4.39. The highest BCUT2D eigenvalue weighted by atomic mass is 15.0. The van der Waals surface area contributed by atoms with Crippen LogP contribution < -0.4 is 5.73 Å². The number of hydrogen-bond donors (Lipinski definition) is 2. The Bertz CT molecular complexity index is 511. The number of pyridine rings is 1. The maximum absolute atomic E-state index is 5.68. The maximum atomic E-state index is 5.68. The molecule has 0 bridgehead atoms. The lowest BCUT2D eigenvalue weighted by atomic mass is 10.2. The summed E-state index contributed by atoms with van der Waals surface area (Å²) in [4.78, 5) is 12.0. The van der Waals surface area contributed by atoms with Gasteiger partial charge in [0.15, 0.2) is 5.65 Å². The molecule has 0 amide bonds. The highest BCUT2D eigenvalue weighted by molar-refractivity contribution is 5.76. The Morgan fingerprint density at radius 1 is 1.47 bits per heavy atom. The highest BCUT2D eigenvalue weighted by Crippen LogP contribution is 2.32. The highest BCUT2D eigenvalue weighted by Gasteiger charge is 2.23. The van der Waals surface area contributed by atoms with Crippen LogP contribution in [0, 0.1) is 12.8 Å². The molecule has 1 fully saturated rings. The van der Waals surface area contributed by atoms with Crippen LogP contribution in [0.5, 0.6) is 0 Å². The molecule has 0 aliphatic heterocycles. The number of fused-ring (bicyclic) bond motifs is 1. The summed E-state index contributed by atoms with van der Waals surface area (Å²) >= 11 is 0. The predicted octanol–water partition coefficient (Wildman–Crippen LogP) is 1.80. The molecule has 4 nitrogen and oxygen atoms in total. The number of hydrogen-bond acceptors (Lipinski definition) is 3. The Balaban J connectivity index is 2.07. The molecule has 0 saturated heterocycles. The van der Waals surface area contributed by atoms with Crippen LogP contribution in [-0.4, -0.2) is 15.0 Å². The lowest BCUT2D eigenvalue weighted by molar-refractivity contribution is 0.787. The van der Waals surface area contributed by atoms with Gasteiger partial charge in [-0.15, -0.1) is 0 Å². The fourth-order valence-electron chi connectivity index (χ4n) is 1.91. The van der Waals surface area contributed by atoms with E-state index in [-0.39, 0.29) is 0 Å². The first-order chi connectivity index (χ1) is 7.22. The van der Waals surface area contributed by atoms with Crippen LogP contribution in [0.1, 0.15) is 24.2 Å². The zero-order valence-corrected chi connectivity index (χ0v) is 8.75. The first-order valence-corrected chi connectivity index (χ1v) is 5.34. The summed E-state index contributed by atoms with van der Waals surface area (Å²) < 4.78 is 0. The van der Waals surface area contributed by atoms with E-state index >= 15 is 0 Å². The molecule has 0 spiro atoms. The lowest BCUT2D eigenvalue weighted by Gasteiger charge is -1.95. The van der Waals surface area contributed by atoms with E-state index in [4.69, 9.17) is 5.73 Å². The Morgan fingerprint density at radius 3 is 3.00 bits per heavy atom. The van der Waals surface area contributed by atoms with E-state index in [1.807, 2.05) is 13.0 Å². The van der Waals surface area contributed by atoms with Crippen LogP contribution in [0.25, 0.3) is 11.2 Å². The quantitative estimate of drug-likeness (QED) is 0.780. The van der Waals surface area contributed by atoms with Crippen molar-refractivity contribution < 1.29 is 0 Å². The van der Waals surface area contributed by atoms with Gasteiger partial charge in [-0.1, -0.05) is 0 Å². The van der Waals surface area contributed by atoms with Crippen molar-refractivity contribution in [1.29, 1.82) is 0 Å². The molecule has 2 aromatic rings. The summed E-state index contributed by atoms with van der Waals surface area (Å²) in [5, 5.41) is 0. The van der Waals surface area contributed by atoms with Crippen LogP contribution >= 0.6 is 0 Å². The first kappa shape index (κ1) is 8.71. The molecule has 15 heavy (non-hydrogen) atoms. The second-order valence-corrected chi connectivity index (χ2v) is 4.39. The van der Waals surface area contributed by atoms with Crippen LogP contribution in [0.3, 0.4) is 0 Å². The SMILES string of the molecule is Cc1cc(N)nc2nc(CC3CC3)[nH]c12. The summed E-state index contributed by atoms with van der Waals surface area (Å²) in [5.41, 5.74) is 8.58. The van der Waals surface area contributed by atoms with Gasteiger partial charge in [-0.3, -0.25) is 0 Å². The number of aromatic nitrogens is 3. The van der Waals surface area contributed by atoms with Gasteiger partial charge in [0.25, 0.3) is 0 Å². The number of H-pyrrole nitrogens is 1. The second kappa shape index (κ2) is 2.95. The van der Waals surface area contributed by atoms with E-state index in [0.717, 1.165) is 34.9 Å². The van der Waals surface area contributed by atoms with Gasteiger partial charge >= 0.3 is 0 Å². The van der Waals surface area contributed by atoms with Gasteiger partial charge in [-0.05, 0) is 37.3 Å². The Kier molecular flexibility index (Phi) is 1.71. The molecule has 0 unspecified atom stereocenters. The number of nitrogens with two attached hydrogens (primary N) is 1. The van der Waals surface area contributed by atoms with Crippen LogP contribution in [-0.2, 0) is 6.42 Å². The fraction of sp³-hybridized carbons (Fsp3) is 0.455. The van der Waals surface area contributed by atoms with E-state index in [2.05, 4.69) is 15.0 Å². The molecule has 1 saturated carbocycles. The molecule has 1 aliphatic rings. The van der Waals surface area contributed by atoms with Crippen molar-refractivity contribution in [3.8, 4) is 0 Å². The van der Waals surface area contributed by atoms with Crippen LogP contribution in [0.2, 0.25) is 0 Å². The van der Waals surface area contributed by atoms with Gasteiger partial charge in [0.1, 0.15) is 11.6 Å². The summed E-state index contributed by atoms with van der Waals surface area (Å²) in [6.45, 7) is 2.03. The van der Waals surface area contributed by atoms with Gasteiger partial charge in [-0.25, -0.2) is 9.97 Å². The van der Waals surface area contributed by atoms with Crippen molar-refractivity contribution in [2.45, 2.75) is 26.2 Å². The predicted molar refractivity (Wildman–Crippen MR) is 59.5 cm³/mol. The monoisotopic (exact) mass is 202 g/mol. The maximum Gasteiger partial charge on any atom is 0.179 e. The number of anilines is 1. The number of nitrogens with one attached hydrogen (secondary N) is 1. The van der Waals surface area contributed by atoms with Crippen LogP contribution in [0.15, 0.2) is 6.07 Å². The van der Waals surface area contributed by atoms with Gasteiger partial charge in [-0.2, -0.15) is 0 Å². The smallest absolute Gasteiger partial charge is 0.179 e. The fourth-order valence-corrected chi connectivity index (χ4v) is 1.91. The molecule has 78 valence electrons. The number of imidazole rings is 1. The molecule has 3 rings (SSSR count). The minimum absolute atomic E-state index is 0.546. The van der Waals surface area contributed by atoms with E-state index < -0.39 is 0 Å². The molecule has 2 heterocycles. The molecule has 1 aliphatic carbocycles. The third-order valence-electron chi connectivity index (χ3n) is 2.91. The summed E-state index contributed by atoms with van der Waals surface area (Å²) in [5.74, 6) is 2.43. The van der Waals surface area contributed by atoms with Crippen molar-refractivity contribution in [1.82, 2.24) is 15.0 Å². The van der Waals surface area contributed by atoms with Crippen molar-refractivity contribution in [2.24, 2.45) is 5.92 Å². The van der Waals surface area contributed by atoms with Crippen molar-refractivity contribution in [3.05, 3.63) is 17.5 Å². The molecule has 0 aromatic carbocycles. The van der Waals surface area contributed by atoms with Gasteiger partial charge in [0.05, 0.1) is 5.52 Å². The van der Waals surface area contributed by atoms with Crippen LogP contribution in [0.4, 0.5) is 5.82 Å². The van der Waals surface area contributed by atoms with Gasteiger partial charge in [0, 0.05) is 6.42 Å². The number of aromatic amines is 1. The molecule has 2 aromatic heterocycles. The summed E-state index contributed by atoms with van der Waals surface area (Å²) in [6.07, 6.45) is 3.73. The molecule has 0 radical (unpaired) electrons. The minimum atomic E-state index is 0.546. The van der Waals surface area contributed by atoms with E-state index in [1.54, 1.807) is 0 Å². The first-order valence-electron chi connectivity index (χ1n) is 5.34. The Hall–Kier alpha value is -1.58. The van der Waals surface area contributed by atoms with E-state index in [1.165, 1.54) is 12.8 Å². The average molecular weight is 202 g/mol. The number of aryl methyl sites for hydroxylation is 1. The lowest BCUT2D eigenvalue weighted by Crippen LogP contribution is -1.91. The number of nitrogens with zero attached hydrogens (tertiary/aromatic N) is 2. The van der Waals surface area contributed by atoms with E-state index in [9.17, 15) is 0 Å². The third kappa shape index (κ3) is 1.56. The average Bonchev–Trinajstić information content (AvgIpc) is 2.85. The number of rotatable bonds is 2. The Labute approximate surface area is 87.9 Å². The van der Waals surface area contributed by atoms with Crippen molar-refractivity contribution >= 4 is 17.0 Å². The zero-order chi connectivity index (χ0) is 10.4. The van der Waals surface area contributed by atoms with Gasteiger partial charge in [0.2, 0.25) is 0 Å². The minimum Gasteiger partial charge on any atom is -0.384 e. The molecule has 4 heteroatoms. The number of nitrogen functional groups attached to an aromatic ring is 1. The standard InChI is InChI=1S/C11H14N4/c1-6-4-8(12)13-11-10(6)14-9(15-11)5-7-2-3-7/h4,7H,2-3,5H2,1H3,(H3,12,13,14,15). The molecular formula is C11H14N4. The molecular weight excluding hydrogens is 188 g/mol. The molecule has 3 N–H and O–H groups in total. The van der Waals surface area contributed by atoms with Gasteiger partial charge < -0.3 is 10.7 Å². The van der Waals surface area contributed by atoms with Crippen molar-refractivity contribution in [2.75, 3.05) is 5.73 Å². The summed E-state index contributed by atoms with van der Waals surface area (Å²) in [6, 6.07) is 1.88. The zero-order valence-electron chi connectivity index (χ0n) is 8.75. The third-order valence-corrected chi connectivity index (χ3v) is 2.91.